The number of nitrogens with zero attached hydrogens (tertiary/aromatic N) is 2. The Morgan fingerprint density at radius 2 is 2.00 bits per heavy atom. The third-order valence-corrected chi connectivity index (χ3v) is 2.91. The predicted molar refractivity (Wildman–Crippen MR) is 68.8 cm³/mol. The average molecular weight is 265 g/mol. The zero-order chi connectivity index (χ0) is 13.1. The molecule has 1 aromatic heterocycles. The maximum Gasteiger partial charge on any atom is 0.238 e. The van der Waals surface area contributed by atoms with Gasteiger partial charge in [-0.2, -0.15) is 0 Å². The standard InChI is InChI=1S/C13H13ClN2O2/c1-8-7-9(14)3-4-10(8)12(17)11-13(18-2)16-6-5-15-11/h3-7,12,17H,1-2H3. The van der Waals surface area contributed by atoms with Crippen molar-refractivity contribution in [3.8, 4) is 5.88 Å². The second-order valence-corrected chi connectivity index (χ2v) is 4.29. The molecule has 0 amide bonds. The van der Waals surface area contributed by atoms with Crippen LogP contribution in [0, 0.1) is 6.92 Å². The SMILES string of the molecule is COc1nccnc1C(O)c1ccc(Cl)cc1C. The first-order valence-electron chi connectivity index (χ1n) is 5.42. The highest BCUT2D eigenvalue weighted by molar-refractivity contribution is 6.30. The van der Waals surface area contributed by atoms with Crippen LogP contribution in [-0.2, 0) is 0 Å². The molecule has 4 nitrogen and oxygen atoms in total. The van der Waals surface area contributed by atoms with Crippen molar-refractivity contribution >= 4 is 11.6 Å². The van der Waals surface area contributed by atoms with Gasteiger partial charge in [-0.1, -0.05) is 17.7 Å². The van der Waals surface area contributed by atoms with Gasteiger partial charge in [-0.3, -0.25) is 4.98 Å². The Morgan fingerprint density at radius 3 is 2.67 bits per heavy atom. The summed E-state index contributed by atoms with van der Waals surface area (Å²) >= 11 is 5.89. The number of rotatable bonds is 3. The topological polar surface area (TPSA) is 55.2 Å². The number of halogens is 1. The lowest BCUT2D eigenvalue weighted by molar-refractivity contribution is 0.207. The molecule has 2 rings (SSSR count). The molecule has 0 bridgehead atoms. The van der Waals surface area contributed by atoms with Gasteiger partial charge in [-0.05, 0) is 30.2 Å². The molecule has 0 saturated heterocycles. The van der Waals surface area contributed by atoms with Crippen LogP contribution in [0.4, 0.5) is 0 Å². The number of benzene rings is 1. The average Bonchev–Trinajstić information content (AvgIpc) is 2.38. The van der Waals surface area contributed by atoms with Gasteiger partial charge in [0.2, 0.25) is 5.88 Å². The van der Waals surface area contributed by atoms with Crippen molar-refractivity contribution in [2.75, 3.05) is 7.11 Å². The highest BCUT2D eigenvalue weighted by Gasteiger charge is 2.19. The van der Waals surface area contributed by atoms with E-state index in [2.05, 4.69) is 9.97 Å². The van der Waals surface area contributed by atoms with Crippen LogP contribution in [0.1, 0.15) is 22.9 Å². The molecule has 0 aliphatic rings. The molecule has 1 atom stereocenters. The summed E-state index contributed by atoms with van der Waals surface area (Å²) in [6, 6.07) is 5.30. The van der Waals surface area contributed by atoms with Gasteiger partial charge in [0.15, 0.2) is 0 Å². The van der Waals surface area contributed by atoms with Crippen LogP contribution in [0.5, 0.6) is 5.88 Å². The summed E-state index contributed by atoms with van der Waals surface area (Å²) in [5, 5.41) is 11.0. The fraction of sp³-hybridized carbons (Fsp3) is 0.231. The van der Waals surface area contributed by atoms with Gasteiger partial charge in [0, 0.05) is 17.4 Å². The normalized spacial score (nSPS) is 12.2. The summed E-state index contributed by atoms with van der Waals surface area (Å²) < 4.78 is 5.09. The number of aryl methyl sites for hydroxylation is 1. The first kappa shape index (κ1) is 12.8. The monoisotopic (exact) mass is 264 g/mol. The molecule has 1 unspecified atom stereocenters. The lowest BCUT2D eigenvalue weighted by atomic mass is 10.0. The van der Waals surface area contributed by atoms with Crippen molar-refractivity contribution in [1.29, 1.82) is 0 Å². The van der Waals surface area contributed by atoms with Gasteiger partial charge >= 0.3 is 0 Å². The van der Waals surface area contributed by atoms with Gasteiger partial charge in [-0.25, -0.2) is 4.98 Å². The summed E-state index contributed by atoms with van der Waals surface area (Å²) in [5.74, 6) is 0.319. The van der Waals surface area contributed by atoms with E-state index in [1.54, 1.807) is 18.2 Å². The fourth-order valence-corrected chi connectivity index (χ4v) is 2.00. The van der Waals surface area contributed by atoms with Gasteiger partial charge in [0.25, 0.3) is 0 Å². The van der Waals surface area contributed by atoms with Crippen LogP contribution >= 0.6 is 11.6 Å². The number of ether oxygens (including phenoxy) is 1. The van der Waals surface area contributed by atoms with E-state index in [0.29, 0.717) is 16.6 Å². The smallest absolute Gasteiger partial charge is 0.238 e. The highest BCUT2D eigenvalue weighted by atomic mass is 35.5. The zero-order valence-corrected chi connectivity index (χ0v) is 10.8. The Bertz CT molecular complexity index is 560. The lowest BCUT2D eigenvalue weighted by Gasteiger charge is -2.15. The van der Waals surface area contributed by atoms with Crippen LogP contribution in [0.25, 0.3) is 0 Å². The molecule has 2 aromatic rings. The first-order valence-corrected chi connectivity index (χ1v) is 5.80. The zero-order valence-electron chi connectivity index (χ0n) is 10.1. The predicted octanol–water partition coefficient (Wildman–Crippen LogP) is 2.53. The van der Waals surface area contributed by atoms with E-state index in [1.807, 2.05) is 6.92 Å². The number of hydrogen-bond acceptors (Lipinski definition) is 4. The summed E-state index contributed by atoms with van der Waals surface area (Å²) in [6.07, 6.45) is 2.15. The molecule has 0 saturated carbocycles. The maximum atomic E-state index is 10.3. The second kappa shape index (κ2) is 5.33. The molecule has 1 N–H and O–H groups in total. The van der Waals surface area contributed by atoms with Crippen LogP contribution < -0.4 is 4.74 Å². The van der Waals surface area contributed by atoms with E-state index in [4.69, 9.17) is 16.3 Å². The molecule has 1 heterocycles. The summed E-state index contributed by atoms with van der Waals surface area (Å²) in [4.78, 5) is 8.14. The lowest BCUT2D eigenvalue weighted by Crippen LogP contribution is -2.07. The fourth-order valence-electron chi connectivity index (χ4n) is 1.77. The minimum atomic E-state index is -0.883. The molecular weight excluding hydrogens is 252 g/mol. The van der Waals surface area contributed by atoms with Crippen LogP contribution in [0.3, 0.4) is 0 Å². The second-order valence-electron chi connectivity index (χ2n) is 3.85. The van der Waals surface area contributed by atoms with Gasteiger partial charge in [-0.15, -0.1) is 0 Å². The van der Waals surface area contributed by atoms with E-state index < -0.39 is 6.10 Å². The number of hydrogen-bond donors (Lipinski definition) is 1. The molecular formula is C13H13ClN2O2. The molecule has 0 spiro atoms. The van der Waals surface area contributed by atoms with Crippen molar-refractivity contribution in [2.24, 2.45) is 0 Å². The van der Waals surface area contributed by atoms with E-state index in [-0.39, 0.29) is 0 Å². The number of aliphatic hydroxyl groups is 1. The Kier molecular flexibility index (Phi) is 3.79. The van der Waals surface area contributed by atoms with Crippen LogP contribution in [0.15, 0.2) is 30.6 Å². The minimum absolute atomic E-state index is 0.319. The van der Waals surface area contributed by atoms with Gasteiger partial charge < -0.3 is 9.84 Å². The van der Waals surface area contributed by atoms with Crippen LogP contribution in [0.2, 0.25) is 5.02 Å². The molecule has 1 aromatic carbocycles. The Morgan fingerprint density at radius 1 is 1.28 bits per heavy atom. The largest absolute Gasteiger partial charge is 0.480 e. The van der Waals surface area contributed by atoms with Crippen LogP contribution in [-0.4, -0.2) is 22.2 Å². The third-order valence-electron chi connectivity index (χ3n) is 2.67. The van der Waals surface area contributed by atoms with Crippen molar-refractivity contribution in [3.05, 3.63) is 52.4 Å². The summed E-state index contributed by atoms with van der Waals surface area (Å²) in [6.45, 7) is 1.88. The molecule has 0 fully saturated rings. The van der Waals surface area contributed by atoms with E-state index in [1.165, 1.54) is 19.5 Å². The van der Waals surface area contributed by atoms with Crippen molar-refractivity contribution in [2.45, 2.75) is 13.0 Å². The summed E-state index contributed by atoms with van der Waals surface area (Å²) in [7, 11) is 1.49. The summed E-state index contributed by atoms with van der Waals surface area (Å²) in [5.41, 5.74) is 2.02. The molecule has 94 valence electrons. The van der Waals surface area contributed by atoms with Crippen molar-refractivity contribution in [1.82, 2.24) is 9.97 Å². The van der Waals surface area contributed by atoms with Crippen molar-refractivity contribution in [3.63, 3.8) is 0 Å². The Balaban J connectivity index is 2.44. The van der Waals surface area contributed by atoms with E-state index in [0.717, 1.165) is 11.1 Å². The minimum Gasteiger partial charge on any atom is -0.480 e. The van der Waals surface area contributed by atoms with E-state index >= 15 is 0 Å². The number of aromatic nitrogens is 2. The molecule has 0 radical (unpaired) electrons. The van der Waals surface area contributed by atoms with Crippen molar-refractivity contribution < 1.29 is 9.84 Å². The molecule has 5 heteroatoms. The molecule has 0 aliphatic heterocycles. The van der Waals surface area contributed by atoms with E-state index in [9.17, 15) is 5.11 Å². The number of aliphatic hydroxyl groups excluding tert-OH is 1. The van der Waals surface area contributed by atoms with Gasteiger partial charge in [0.05, 0.1) is 7.11 Å². The quantitative estimate of drug-likeness (QED) is 0.926. The van der Waals surface area contributed by atoms with Gasteiger partial charge in [0.1, 0.15) is 11.8 Å². The third kappa shape index (κ3) is 2.44. The first-order chi connectivity index (χ1) is 8.63. The maximum absolute atomic E-state index is 10.3. The Hall–Kier alpha value is -1.65. The Labute approximate surface area is 110 Å². The number of methoxy groups -OCH3 is 1. The highest BCUT2D eigenvalue weighted by Crippen LogP contribution is 2.29. The molecule has 18 heavy (non-hydrogen) atoms. The molecule has 0 aliphatic carbocycles.